The minimum absolute atomic E-state index is 0.122. The van der Waals surface area contributed by atoms with Gasteiger partial charge in [0.15, 0.2) is 0 Å². The van der Waals surface area contributed by atoms with E-state index in [0.717, 1.165) is 18.6 Å². The molecule has 0 aliphatic heterocycles. The lowest BCUT2D eigenvalue weighted by atomic mass is 9.95. The number of ether oxygens (including phenoxy) is 1. The lowest BCUT2D eigenvalue weighted by Crippen LogP contribution is -2.17. The third-order valence-corrected chi connectivity index (χ3v) is 6.10. The summed E-state index contributed by atoms with van der Waals surface area (Å²) in [6.07, 6.45) is 23.8. The quantitative estimate of drug-likeness (QED) is 0.175. The monoisotopic (exact) mass is 433 g/mol. The smallest absolute Gasteiger partial charge is 0.259 e. The Kier molecular flexibility index (Phi) is 16.8. The van der Waals surface area contributed by atoms with Gasteiger partial charge in [-0.25, -0.2) is 0 Å². The highest BCUT2D eigenvalue weighted by atomic mass is 32.1. The summed E-state index contributed by atoms with van der Waals surface area (Å²) < 4.78 is 5.70. The zero-order valence-electron chi connectivity index (χ0n) is 19.9. The maximum Gasteiger partial charge on any atom is 0.259 e. The summed E-state index contributed by atoms with van der Waals surface area (Å²) in [4.78, 5) is 0. The summed E-state index contributed by atoms with van der Waals surface area (Å²) in [5.74, 6) is 0.877. The molecule has 3 heteroatoms. The van der Waals surface area contributed by atoms with Gasteiger partial charge in [-0.15, -0.1) is 0 Å². The first kappa shape index (κ1) is 26.9. The van der Waals surface area contributed by atoms with Crippen molar-refractivity contribution in [2.75, 3.05) is 0 Å². The molecule has 0 aromatic heterocycles. The van der Waals surface area contributed by atoms with Crippen LogP contribution < -0.4 is 10.5 Å². The molecule has 2 nitrogen and oxygen atoms in total. The SMILES string of the molecule is CCCCCCCCCCc1cccc(OC(N)=S)c1CCCCCCCCCC. The van der Waals surface area contributed by atoms with Crippen LogP contribution >= 0.6 is 12.2 Å². The van der Waals surface area contributed by atoms with Crippen molar-refractivity contribution in [3.63, 3.8) is 0 Å². The maximum absolute atomic E-state index is 5.70. The topological polar surface area (TPSA) is 35.2 Å². The van der Waals surface area contributed by atoms with E-state index in [2.05, 4.69) is 26.0 Å². The van der Waals surface area contributed by atoms with Gasteiger partial charge in [-0.05, 0) is 55.1 Å². The summed E-state index contributed by atoms with van der Waals surface area (Å²) in [6, 6.07) is 6.38. The van der Waals surface area contributed by atoms with E-state index in [1.807, 2.05) is 6.07 Å². The van der Waals surface area contributed by atoms with Crippen LogP contribution in [0.1, 0.15) is 128 Å². The Morgan fingerprint density at radius 3 is 1.67 bits per heavy atom. The number of hydrogen-bond donors (Lipinski definition) is 1. The van der Waals surface area contributed by atoms with E-state index in [4.69, 9.17) is 22.7 Å². The van der Waals surface area contributed by atoms with E-state index >= 15 is 0 Å². The molecule has 0 saturated carbocycles. The molecular formula is C27H47NOS. The lowest BCUT2D eigenvalue weighted by molar-refractivity contribution is 0.536. The van der Waals surface area contributed by atoms with Crippen LogP contribution in [0.4, 0.5) is 0 Å². The van der Waals surface area contributed by atoms with Crippen molar-refractivity contribution < 1.29 is 4.74 Å². The van der Waals surface area contributed by atoms with Crippen LogP contribution in [0.25, 0.3) is 0 Å². The number of nitrogens with two attached hydrogens (primary N) is 1. The fourth-order valence-corrected chi connectivity index (χ4v) is 4.31. The van der Waals surface area contributed by atoms with Gasteiger partial charge in [0.05, 0.1) is 0 Å². The molecule has 0 atom stereocenters. The molecule has 0 saturated heterocycles. The van der Waals surface area contributed by atoms with Gasteiger partial charge < -0.3 is 10.5 Å². The van der Waals surface area contributed by atoms with E-state index < -0.39 is 0 Å². The number of aryl methyl sites for hydroxylation is 1. The molecule has 0 radical (unpaired) electrons. The standard InChI is InChI=1S/C27H47NOS/c1-3-5-7-9-11-13-15-17-20-24-21-19-23-26(29-27(28)30)25(24)22-18-16-14-12-10-8-6-4-2/h19,21,23H,3-18,20,22H2,1-2H3,(H2,28,30). The average molecular weight is 434 g/mol. The van der Waals surface area contributed by atoms with Gasteiger partial charge in [-0.1, -0.05) is 116 Å². The van der Waals surface area contributed by atoms with Gasteiger partial charge in [0.2, 0.25) is 0 Å². The van der Waals surface area contributed by atoms with Crippen molar-refractivity contribution >= 4 is 17.4 Å². The largest absolute Gasteiger partial charge is 0.432 e. The van der Waals surface area contributed by atoms with Crippen molar-refractivity contribution in [3.8, 4) is 5.75 Å². The highest BCUT2D eigenvalue weighted by Crippen LogP contribution is 2.27. The molecule has 1 aromatic carbocycles. The fourth-order valence-electron chi connectivity index (χ4n) is 4.22. The third kappa shape index (κ3) is 13.3. The van der Waals surface area contributed by atoms with Crippen molar-refractivity contribution in [3.05, 3.63) is 29.3 Å². The Morgan fingerprint density at radius 2 is 1.17 bits per heavy atom. The molecule has 0 aliphatic rings. The van der Waals surface area contributed by atoms with E-state index in [0.29, 0.717) is 0 Å². The van der Waals surface area contributed by atoms with Crippen molar-refractivity contribution in [2.24, 2.45) is 5.73 Å². The second-order valence-corrected chi connectivity index (χ2v) is 9.17. The van der Waals surface area contributed by atoms with Crippen LogP contribution in [0.15, 0.2) is 18.2 Å². The predicted molar refractivity (Wildman–Crippen MR) is 136 cm³/mol. The zero-order valence-corrected chi connectivity index (χ0v) is 20.7. The number of rotatable bonds is 19. The molecule has 0 bridgehead atoms. The first-order valence-electron chi connectivity index (χ1n) is 12.8. The van der Waals surface area contributed by atoms with Gasteiger partial charge in [-0.3, -0.25) is 0 Å². The van der Waals surface area contributed by atoms with Crippen LogP contribution in [0.3, 0.4) is 0 Å². The molecule has 1 rings (SSSR count). The Morgan fingerprint density at radius 1 is 0.700 bits per heavy atom. The zero-order chi connectivity index (χ0) is 21.9. The van der Waals surface area contributed by atoms with Gasteiger partial charge in [0.1, 0.15) is 5.75 Å². The summed E-state index contributed by atoms with van der Waals surface area (Å²) >= 11 is 5.01. The predicted octanol–water partition coefficient (Wildman–Crippen LogP) is 8.68. The number of hydrogen-bond acceptors (Lipinski definition) is 2. The van der Waals surface area contributed by atoms with Crippen molar-refractivity contribution in [1.29, 1.82) is 0 Å². The molecule has 0 amide bonds. The van der Waals surface area contributed by atoms with Crippen LogP contribution in [0.5, 0.6) is 5.75 Å². The van der Waals surface area contributed by atoms with Crippen LogP contribution in [0.2, 0.25) is 0 Å². The second kappa shape index (κ2) is 18.7. The van der Waals surface area contributed by atoms with Gasteiger partial charge in [0.25, 0.3) is 5.17 Å². The summed E-state index contributed by atoms with van der Waals surface area (Å²) in [5, 5.41) is 0.122. The second-order valence-electron chi connectivity index (χ2n) is 8.76. The Bertz CT molecular complexity index is 558. The maximum atomic E-state index is 5.70. The minimum atomic E-state index is 0.122. The van der Waals surface area contributed by atoms with Crippen LogP contribution in [-0.2, 0) is 12.8 Å². The normalized spacial score (nSPS) is 11.0. The number of unbranched alkanes of at least 4 members (excludes halogenated alkanes) is 14. The molecule has 0 aliphatic carbocycles. The van der Waals surface area contributed by atoms with Crippen LogP contribution in [-0.4, -0.2) is 5.17 Å². The van der Waals surface area contributed by atoms with Gasteiger partial charge in [-0.2, -0.15) is 0 Å². The highest BCUT2D eigenvalue weighted by Gasteiger charge is 2.11. The van der Waals surface area contributed by atoms with Gasteiger partial charge >= 0.3 is 0 Å². The first-order chi connectivity index (χ1) is 14.7. The number of benzene rings is 1. The first-order valence-corrected chi connectivity index (χ1v) is 13.2. The molecule has 0 fully saturated rings. The van der Waals surface area contributed by atoms with E-state index in [-0.39, 0.29) is 5.17 Å². The van der Waals surface area contributed by atoms with Crippen molar-refractivity contribution in [2.45, 2.75) is 129 Å². The molecular weight excluding hydrogens is 386 g/mol. The summed E-state index contributed by atoms with van der Waals surface area (Å²) in [6.45, 7) is 4.55. The minimum Gasteiger partial charge on any atom is -0.432 e. The fraction of sp³-hybridized carbons (Fsp3) is 0.741. The Hall–Kier alpha value is -1.09. The third-order valence-electron chi connectivity index (χ3n) is 6.02. The van der Waals surface area contributed by atoms with E-state index in [9.17, 15) is 0 Å². The summed E-state index contributed by atoms with van der Waals surface area (Å²) in [7, 11) is 0. The molecule has 2 N–H and O–H groups in total. The van der Waals surface area contributed by atoms with Gasteiger partial charge in [0, 0.05) is 0 Å². The van der Waals surface area contributed by atoms with E-state index in [1.54, 1.807) is 0 Å². The van der Waals surface area contributed by atoms with Crippen molar-refractivity contribution in [1.82, 2.24) is 0 Å². The highest BCUT2D eigenvalue weighted by molar-refractivity contribution is 7.80. The molecule has 0 unspecified atom stereocenters. The number of thiocarbonyl (C=S) groups is 1. The van der Waals surface area contributed by atoms with E-state index in [1.165, 1.54) is 114 Å². The van der Waals surface area contributed by atoms with Crippen LogP contribution in [0, 0.1) is 0 Å². The molecule has 172 valence electrons. The Balaban J connectivity index is 2.44. The molecule has 0 heterocycles. The average Bonchev–Trinajstić information content (AvgIpc) is 2.73. The molecule has 0 spiro atoms. The lowest BCUT2D eigenvalue weighted by Gasteiger charge is -2.15. The Labute approximate surface area is 192 Å². The molecule has 30 heavy (non-hydrogen) atoms. The summed E-state index contributed by atoms with van der Waals surface area (Å²) in [5.41, 5.74) is 8.44. The molecule has 1 aromatic rings.